The maximum atomic E-state index is 12.4. The van der Waals surface area contributed by atoms with Crippen molar-refractivity contribution in [3.05, 3.63) is 29.8 Å². The van der Waals surface area contributed by atoms with Gasteiger partial charge in [0.25, 0.3) is 0 Å². The van der Waals surface area contributed by atoms with E-state index < -0.39 is 0 Å². The van der Waals surface area contributed by atoms with Crippen LogP contribution in [-0.4, -0.2) is 49.6 Å². The molecule has 0 bridgehead atoms. The van der Waals surface area contributed by atoms with Gasteiger partial charge in [-0.15, -0.1) is 0 Å². The molecule has 1 aromatic rings. The fourth-order valence-corrected chi connectivity index (χ4v) is 3.03. The van der Waals surface area contributed by atoms with Crippen LogP contribution in [0.2, 0.25) is 0 Å². The monoisotopic (exact) mass is 259 g/mol. The Labute approximate surface area is 114 Å². The zero-order valence-electron chi connectivity index (χ0n) is 11.4. The van der Waals surface area contributed by atoms with Gasteiger partial charge in [-0.2, -0.15) is 0 Å². The Kier molecular flexibility index (Phi) is 3.53. The van der Waals surface area contributed by atoms with Gasteiger partial charge < -0.3 is 10.2 Å². The Morgan fingerprint density at radius 2 is 2.21 bits per heavy atom. The predicted octanol–water partition coefficient (Wildman–Crippen LogP) is 0.869. The third-order valence-electron chi connectivity index (χ3n) is 4.00. The van der Waals surface area contributed by atoms with Gasteiger partial charge in [0.05, 0.1) is 6.54 Å². The van der Waals surface area contributed by atoms with Gasteiger partial charge in [0, 0.05) is 37.9 Å². The maximum absolute atomic E-state index is 12.4. The lowest BCUT2D eigenvalue weighted by Gasteiger charge is -2.32. The van der Waals surface area contributed by atoms with E-state index in [1.165, 1.54) is 5.56 Å². The number of amides is 1. The quantitative estimate of drug-likeness (QED) is 0.856. The Morgan fingerprint density at radius 3 is 3.05 bits per heavy atom. The van der Waals surface area contributed by atoms with Crippen LogP contribution in [0.3, 0.4) is 0 Å². The molecule has 0 aliphatic carbocycles. The van der Waals surface area contributed by atoms with E-state index >= 15 is 0 Å². The fraction of sp³-hybridized carbons (Fsp3) is 0.533. The van der Waals surface area contributed by atoms with E-state index in [1.54, 1.807) is 0 Å². The minimum absolute atomic E-state index is 0.235. The summed E-state index contributed by atoms with van der Waals surface area (Å²) < 4.78 is 0. The molecule has 2 aliphatic rings. The van der Waals surface area contributed by atoms with Crippen LogP contribution in [-0.2, 0) is 11.2 Å². The molecule has 0 saturated carbocycles. The van der Waals surface area contributed by atoms with Crippen molar-refractivity contribution in [1.29, 1.82) is 0 Å². The number of rotatable bonds is 2. The normalized spacial score (nSPS) is 23.4. The molecule has 19 heavy (non-hydrogen) atoms. The zero-order chi connectivity index (χ0) is 13.2. The van der Waals surface area contributed by atoms with E-state index in [9.17, 15) is 4.79 Å². The van der Waals surface area contributed by atoms with Crippen LogP contribution >= 0.6 is 0 Å². The number of nitrogens with one attached hydrogen (secondary N) is 1. The van der Waals surface area contributed by atoms with Crippen molar-refractivity contribution in [2.45, 2.75) is 19.4 Å². The largest absolute Gasteiger partial charge is 0.312 e. The number of hydrogen-bond acceptors (Lipinski definition) is 3. The summed E-state index contributed by atoms with van der Waals surface area (Å²) in [5.41, 5.74) is 2.40. The Balaban J connectivity index is 1.65. The number of carbonyl (C=O) groups is 1. The van der Waals surface area contributed by atoms with Crippen LogP contribution in [0.15, 0.2) is 24.3 Å². The first-order valence-corrected chi connectivity index (χ1v) is 7.08. The van der Waals surface area contributed by atoms with E-state index in [1.807, 2.05) is 17.0 Å². The van der Waals surface area contributed by atoms with E-state index in [-0.39, 0.29) is 5.91 Å². The number of fused-ring (bicyclic) bond motifs is 1. The van der Waals surface area contributed by atoms with Crippen molar-refractivity contribution in [1.82, 2.24) is 10.2 Å². The molecule has 4 heteroatoms. The molecule has 4 nitrogen and oxygen atoms in total. The fourth-order valence-electron chi connectivity index (χ4n) is 3.03. The smallest absolute Gasteiger partial charge is 0.241 e. The minimum atomic E-state index is 0.235. The summed E-state index contributed by atoms with van der Waals surface area (Å²) in [6.45, 7) is 6.44. The highest BCUT2D eigenvalue weighted by Gasteiger charge is 2.26. The molecular formula is C15H21N3O. The summed E-state index contributed by atoms with van der Waals surface area (Å²) in [4.78, 5) is 16.6. The van der Waals surface area contributed by atoms with Crippen molar-refractivity contribution in [2.75, 3.05) is 37.6 Å². The average Bonchev–Trinajstić information content (AvgIpc) is 2.82. The lowest BCUT2D eigenvalue weighted by Crippen LogP contribution is -2.52. The van der Waals surface area contributed by atoms with Crippen LogP contribution < -0.4 is 10.2 Å². The molecule has 1 fully saturated rings. The second kappa shape index (κ2) is 5.31. The van der Waals surface area contributed by atoms with E-state index in [0.29, 0.717) is 12.6 Å². The van der Waals surface area contributed by atoms with Gasteiger partial charge in [0.2, 0.25) is 5.91 Å². The molecule has 0 spiro atoms. The number of anilines is 1. The van der Waals surface area contributed by atoms with Crippen LogP contribution in [0, 0.1) is 0 Å². The van der Waals surface area contributed by atoms with Gasteiger partial charge >= 0.3 is 0 Å². The van der Waals surface area contributed by atoms with Crippen LogP contribution in [0.1, 0.15) is 12.5 Å². The predicted molar refractivity (Wildman–Crippen MR) is 76.4 cm³/mol. The van der Waals surface area contributed by atoms with Crippen molar-refractivity contribution < 1.29 is 4.79 Å². The first-order chi connectivity index (χ1) is 9.24. The molecular weight excluding hydrogens is 238 g/mol. The van der Waals surface area contributed by atoms with Gasteiger partial charge in [0.15, 0.2) is 0 Å². The molecule has 1 N–H and O–H groups in total. The Morgan fingerprint density at radius 1 is 1.37 bits per heavy atom. The summed E-state index contributed by atoms with van der Waals surface area (Å²) in [5.74, 6) is 0.235. The number of hydrogen-bond donors (Lipinski definition) is 1. The standard InChI is InChI=1S/C15H21N3O/c1-12-10-17(9-7-16-12)11-15(19)18-8-6-13-4-2-3-5-14(13)18/h2-5,12,16H,6-11H2,1H3/t12-/m1/s1. The molecule has 1 saturated heterocycles. The second-order valence-electron chi connectivity index (χ2n) is 5.51. The SMILES string of the molecule is C[C@@H]1CN(CC(=O)N2CCc3ccccc32)CCN1. The molecule has 1 amide bonds. The molecule has 1 aromatic carbocycles. The minimum Gasteiger partial charge on any atom is -0.312 e. The molecule has 0 radical (unpaired) electrons. The van der Waals surface area contributed by atoms with Gasteiger partial charge in [0.1, 0.15) is 0 Å². The highest BCUT2D eigenvalue weighted by Crippen LogP contribution is 2.27. The highest BCUT2D eigenvalue weighted by atomic mass is 16.2. The maximum Gasteiger partial charge on any atom is 0.241 e. The zero-order valence-corrected chi connectivity index (χ0v) is 11.4. The first kappa shape index (κ1) is 12.6. The van der Waals surface area contributed by atoms with Crippen LogP contribution in [0.25, 0.3) is 0 Å². The lowest BCUT2D eigenvalue weighted by molar-refractivity contribution is -0.119. The first-order valence-electron chi connectivity index (χ1n) is 7.08. The Bertz CT molecular complexity index is 474. The topological polar surface area (TPSA) is 35.6 Å². The molecule has 3 rings (SSSR count). The number of nitrogens with zero attached hydrogens (tertiary/aromatic N) is 2. The van der Waals surface area contributed by atoms with Gasteiger partial charge in [-0.1, -0.05) is 18.2 Å². The van der Waals surface area contributed by atoms with Crippen molar-refractivity contribution in [3.63, 3.8) is 0 Å². The molecule has 1 atom stereocenters. The molecule has 0 aromatic heterocycles. The van der Waals surface area contributed by atoms with Crippen LogP contribution in [0.5, 0.6) is 0 Å². The van der Waals surface area contributed by atoms with Crippen molar-refractivity contribution in [2.24, 2.45) is 0 Å². The van der Waals surface area contributed by atoms with Crippen molar-refractivity contribution in [3.8, 4) is 0 Å². The van der Waals surface area contributed by atoms with E-state index in [4.69, 9.17) is 0 Å². The number of piperazine rings is 1. The molecule has 0 unspecified atom stereocenters. The molecule has 2 heterocycles. The third-order valence-corrected chi connectivity index (χ3v) is 4.00. The lowest BCUT2D eigenvalue weighted by atomic mass is 10.2. The summed E-state index contributed by atoms with van der Waals surface area (Å²) >= 11 is 0. The van der Waals surface area contributed by atoms with Crippen LogP contribution in [0.4, 0.5) is 5.69 Å². The number of para-hydroxylation sites is 1. The second-order valence-corrected chi connectivity index (χ2v) is 5.51. The average molecular weight is 259 g/mol. The van der Waals surface area contributed by atoms with Gasteiger partial charge in [-0.05, 0) is 25.0 Å². The summed E-state index contributed by atoms with van der Waals surface area (Å²) in [6.07, 6.45) is 0.986. The number of benzene rings is 1. The van der Waals surface area contributed by atoms with E-state index in [0.717, 1.165) is 38.3 Å². The summed E-state index contributed by atoms with van der Waals surface area (Å²) in [5, 5.41) is 3.40. The summed E-state index contributed by atoms with van der Waals surface area (Å²) in [6, 6.07) is 8.71. The van der Waals surface area contributed by atoms with Crippen molar-refractivity contribution >= 4 is 11.6 Å². The van der Waals surface area contributed by atoms with Gasteiger partial charge in [-0.25, -0.2) is 0 Å². The third kappa shape index (κ3) is 2.65. The summed E-state index contributed by atoms with van der Waals surface area (Å²) in [7, 11) is 0. The highest BCUT2D eigenvalue weighted by molar-refractivity contribution is 5.96. The molecule has 2 aliphatic heterocycles. The number of carbonyl (C=O) groups excluding carboxylic acids is 1. The molecule has 102 valence electrons. The van der Waals surface area contributed by atoms with E-state index in [2.05, 4.69) is 29.3 Å². The Hall–Kier alpha value is -1.39. The van der Waals surface area contributed by atoms with Gasteiger partial charge in [-0.3, -0.25) is 9.69 Å².